The van der Waals surface area contributed by atoms with Crippen molar-refractivity contribution in [1.82, 2.24) is 14.9 Å². The number of pyridine rings is 2. The number of nitrogens with one attached hydrogen (secondary N) is 1. The van der Waals surface area contributed by atoms with E-state index in [1.54, 1.807) is 0 Å². The minimum atomic E-state index is 0.857. The SMILES string of the molecule is CCN(Cc1cccc(C)n1)Cc1cccnc1NC. The first-order valence-corrected chi connectivity index (χ1v) is 6.99. The fourth-order valence-corrected chi connectivity index (χ4v) is 2.23. The Morgan fingerprint density at radius 2 is 2.00 bits per heavy atom. The van der Waals surface area contributed by atoms with Crippen LogP contribution in [0.2, 0.25) is 0 Å². The van der Waals surface area contributed by atoms with E-state index >= 15 is 0 Å². The number of hydrogen-bond donors (Lipinski definition) is 1. The molecule has 0 aliphatic carbocycles. The first-order chi connectivity index (χ1) is 9.72. The highest BCUT2D eigenvalue weighted by molar-refractivity contribution is 5.42. The van der Waals surface area contributed by atoms with Gasteiger partial charge in [0.2, 0.25) is 0 Å². The molecule has 0 atom stereocenters. The van der Waals surface area contributed by atoms with Crippen LogP contribution in [0.3, 0.4) is 0 Å². The molecule has 0 radical (unpaired) electrons. The maximum Gasteiger partial charge on any atom is 0.130 e. The van der Waals surface area contributed by atoms with Crippen LogP contribution in [-0.2, 0) is 13.1 Å². The van der Waals surface area contributed by atoms with Gasteiger partial charge in [0.1, 0.15) is 5.82 Å². The van der Waals surface area contributed by atoms with Crippen LogP contribution in [0.25, 0.3) is 0 Å². The van der Waals surface area contributed by atoms with Gasteiger partial charge in [-0.1, -0.05) is 19.1 Å². The average molecular weight is 270 g/mol. The Bertz CT molecular complexity index is 554. The number of rotatable bonds is 6. The summed E-state index contributed by atoms with van der Waals surface area (Å²) in [6.45, 7) is 6.91. The third-order valence-corrected chi connectivity index (χ3v) is 3.30. The Labute approximate surface area is 120 Å². The topological polar surface area (TPSA) is 41.1 Å². The van der Waals surface area contributed by atoms with Crippen molar-refractivity contribution in [3.63, 3.8) is 0 Å². The van der Waals surface area contributed by atoms with Crippen molar-refractivity contribution in [1.29, 1.82) is 0 Å². The van der Waals surface area contributed by atoms with E-state index in [0.29, 0.717) is 0 Å². The van der Waals surface area contributed by atoms with E-state index in [1.165, 1.54) is 5.56 Å². The highest BCUT2D eigenvalue weighted by Gasteiger charge is 2.09. The molecule has 4 heteroatoms. The minimum absolute atomic E-state index is 0.857. The zero-order valence-corrected chi connectivity index (χ0v) is 12.4. The fraction of sp³-hybridized carbons (Fsp3) is 0.375. The smallest absolute Gasteiger partial charge is 0.130 e. The predicted octanol–water partition coefficient (Wildman–Crippen LogP) is 2.85. The second-order valence-corrected chi connectivity index (χ2v) is 4.83. The molecule has 0 amide bonds. The maximum atomic E-state index is 4.57. The molecule has 0 saturated carbocycles. The lowest BCUT2D eigenvalue weighted by atomic mass is 10.2. The Hall–Kier alpha value is -1.94. The first kappa shape index (κ1) is 14.5. The summed E-state index contributed by atoms with van der Waals surface area (Å²) < 4.78 is 0. The first-order valence-electron chi connectivity index (χ1n) is 6.99. The van der Waals surface area contributed by atoms with Crippen LogP contribution in [0.15, 0.2) is 36.5 Å². The average Bonchev–Trinajstić information content (AvgIpc) is 2.47. The Kier molecular flexibility index (Phi) is 5.07. The highest BCUT2D eigenvalue weighted by Crippen LogP contribution is 2.15. The Morgan fingerprint density at radius 3 is 2.70 bits per heavy atom. The van der Waals surface area contributed by atoms with Gasteiger partial charge >= 0.3 is 0 Å². The third kappa shape index (κ3) is 3.78. The van der Waals surface area contributed by atoms with Gasteiger partial charge in [0.25, 0.3) is 0 Å². The minimum Gasteiger partial charge on any atom is -0.373 e. The van der Waals surface area contributed by atoms with Gasteiger partial charge in [0.05, 0.1) is 5.69 Å². The lowest BCUT2D eigenvalue weighted by molar-refractivity contribution is 0.268. The van der Waals surface area contributed by atoms with Gasteiger partial charge in [-0.25, -0.2) is 4.98 Å². The summed E-state index contributed by atoms with van der Waals surface area (Å²) >= 11 is 0. The van der Waals surface area contributed by atoms with Crippen molar-refractivity contribution in [3.05, 3.63) is 53.5 Å². The second kappa shape index (κ2) is 7.01. The van der Waals surface area contributed by atoms with Crippen LogP contribution in [0, 0.1) is 6.92 Å². The van der Waals surface area contributed by atoms with Crippen LogP contribution >= 0.6 is 0 Å². The highest BCUT2D eigenvalue weighted by atomic mass is 15.1. The molecule has 0 spiro atoms. The summed E-state index contributed by atoms with van der Waals surface area (Å²) in [5.41, 5.74) is 3.39. The third-order valence-electron chi connectivity index (χ3n) is 3.30. The zero-order chi connectivity index (χ0) is 14.4. The number of aromatic nitrogens is 2. The lowest BCUT2D eigenvalue weighted by Gasteiger charge is -2.21. The maximum absolute atomic E-state index is 4.57. The molecular weight excluding hydrogens is 248 g/mol. The van der Waals surface area contributed by atoms with Crippen molar-refractivity contribution in [3.8, 4) is 0 Å². The van der Waals surface area contributed by atoms with Crippen LogP contribution in [0.5, 0.6) is 0 Å². The molecule has 0 saturated heterocycles. The summed E-state index contributed by atoms with van der Waals surface area (Å²) in [5.74, 6) is 0.947. The normalized spacial score (nSPS) is 10.8. The van der Waals surface area contributed by atoms with Crippen molar-refractivity contribution < 1.29 is 0 Å². The molecule has 2 heterocycles. The molecule has 0 aliphatic rings. The molecule has 20 heavy (non-hydrogen) atoms. The largest absolute Gasteiger partial charge is 0.373 e. The monoisotopic (exact) mass is 270 g/mol. The molecule has 2 aromatic heterocycles. The predicted molar refractivity (Wildman–Crippen MR) is 82.5 cm³/mol. The molecule has 0 bridgehead atoms. The van der Waals surface area contributed by atoms with Crippen LogP contribution < -0.4 is 5.32 Å². The van der Waals surface area contributed by atoms with Gasteiger partial charge in [-0.15, -0.1) is 0 Å². The van der Waals surface area contributed by atoms with Crippen LogP contribution in [0.1, 0.15) is 23.9 Å². The van der Waals surface area contributed by atoms with E-state index in [9.17, 15) is 0 Å². The number of aryl methyl sites for hydroxylation is 1. The molecule has 0 aliphatic heterocycles. The molecule has 106 valence electrons. The van der Waals surface area contributed by atoms with Crippen molar-refractivity contribution in [2.45, 2.75) is 26.9 Å². The summed E-state index contributed by atoms with van der Waals surface area (Å²) in [6.07, 6.45) is 1.81. The van der Waals surface area contributed by atoms with E-state index in [1.807, 2.05) is 32.3 Å². The quantitative estimate of drug-likeness (QED) is 0.876. The molecule has 0 unspecified atom stereocenters. The number of anilines is 1. The zero-order valence-electron chi connectivity index (χ0n) is 12.4. The lowest BCUT2D eigenvalue weighted by Crippen LogP contribution is -2.23. The molecular formula is C16H22N4. The summed E-state index contributed by atoms with van der Waals surface area (Å²) in [7, 11) is 1.91. The number of nitrogens with zero attached hydrogens (tertiary/aromatic N) is 3. The van der Waals surface area contributed by atoms with E-state index in [4.69, 9.17) is 0 Å². The van der Waals surface area contributed by atoms with E-state index in [0.717, 1.165) is 36.8 Å². The van der Waals surface area contributed by atoms with Gasteiger partial charge in [-0.2, -0.15) is 0 Å². The Balaban J connectivity index is 2.09. The van der Waals surface area contributed by atoms with Gasteiger partial charge in [0, 0.05) is 37.6 Å². The second-order valence-electron chi connectivity index (χ2n) is 4.83. The molecule has 4 nitrogen and oxygen atoms in total. The molecule has 0 aromatic carbocycles. The van der Waals surface area contributed by atoms with Gasteiger partial charge in [-0.05, 0) is 31.7 Å². The van der Waals surface area contributed by atoms with Crippen molar-refractivity contribution >= 4 is 5.82 Å². The Morgan fingerprint density at radius 1 is 1.15 bits per heavy atom. The fourth-order valence-electron chi connectivity index (χ4n) is 2.23. The standard InChI is InChI=1S/C16H22N4/c1-4-20(12-15-9-5-7-13(2)19-15)11-14-8-6-10-18-16(14)17-3/h5-10H,4,11-12H2,1-3H3,(H,17,18). The van der Waals surface area contributed by atoms with Gasteiger partial charge < -0.3 is 5.32 Å². The molecule has 1 N–H and O–H groups in total. The van der Waals surface area contributed by atoms with E-state index in [2.05, 4.69) is 45.3 Å². The summed E-state index contributed by atoms with van der Waals surface area (Å²) in [5, 5.41) is 3.14. The number of hydrogen-bond acceptors (Lipinski definition) is 4. The van der Waals surface area contributed by atoms with Crippen LogP contribution in [-0.4, -0.2) is 28.5 Å². The van der Waals surface area contributed by atoms with Crippen molar-refractivity contribution in [2.24, 2.45) is 0 Å². The molecule has 2 rings (SSSR count). The van der Waals surface area contributed by atoms with Gasteiger partial charge in [0.15, 0.2) is 0 Å². The van der Waals surface area contributed by atoms with Gasteiger partial charge in [-0.3, -0.25) is 9.88 Å². The summed E-state index contributed by atoms with van der Waals surface area (Å²) in [4.78, 5) is 11.3. The van der Waals surface area contributed by atoms with E-state index in [-0.39, 0.29) is 0 Å². The molecule has 0 fully saturated rings. The van der Waals surface area contributed by atoms with Crippen molar-refractivity contribution in [2.75, 3.05) is 18.9 Å². The molecule has 2 aromatic rings. The van der Waals surface area contributed by atoms with Crippen LogP contribution in [0.4, 0.5) is 5.82 Å². The van der Waals surface area contributed by atoms with E-state index < -0.39 is 0 Å². The summed E-state index contributed by atoms with van der Waals surface area (Å²) in [6, 6.07) is 10.3.